The molecule has 0 aliphatic carbocycles. The van der Waals surface area contributed by atoms with Gasteiger partial charge in [0.25, 0.3) is 0 Å². The summed E-state index contributed by atoms with van der Waals surface area (Å²) in [7, 11) is 0. The van der Waals surface area contributed by atoms with E-state index >= 15 is 0 Å². The molecule has 0 atom stereocenters. The first-order valence-electron chi connectivity index (χ1n) is 5.47. The summed E-state index contributed by atoms with van der Waals surface area (Å²) in [6, 6.07) is 0. The summed E-state index contributed by atoms with van der Waals surface area (Å²) in [6.07, 6.45) is 1.63. The minimum absolute atomic E-state index is 0.277. The second kappa shape index (κ2) is 4.78. The number of esters is 1. The van der Waals surface area contributed by atoms with E-state index in [-0.39, 0.29) is 16.3 Å². The molecule has 0 N–H and O–H groups in total. The van der Waals surface area contributed by atoms with Crippen LogP contribution in [0.4, 0.5) is 0 Å². The molecule has 18 heavy (non-hydrogen) atoms. The zero-order valence-corrected chi connectivity index (χ0v) is 11.8. The van der Waals surface area contributed by atoms with Gasteiger partial charge in [-0.15, -0.1) is 0 Å². The molecule has 6 heteroatoms. The van der Waals surface area contributed by atoms with Crippen LogP contribution in [0.15, 0.2) is 6.20 Å². The van der Waals surface area contributed by atoms with Crippen LogP contribution in [0.3, 0.4) is 0 Å². The first-order chi connectivity index (χ1) is 8.47. The molecule has 2 aromatic heterocycles. The van der Waals surface area contributed by atoms with Crippen LogP contribution in [0.2, 0.25) is 10.3 Å². The van der Waals surface area contributed by atoms with Gasteiger partial charge >= 0.3 is 5.97 Å². The normalized spacial score (nSPS) is 10.9. The molecule has 96 valence electrons. The Kier molecular flexibility index (Phi) is 3.50. The first kappa shape index (κ1) is 13.2. The average molecular weight is 287 g/mol. The number of fused-ring (bicyclic) bond motifs is 1. The van der Waals surface area contributed by atoms with E-state index < -0.39 is 0 Å². The van der Waals surface area contributed by atoms with Crippen LogP contribution in [0.1, 0.15) is 28.5 Å². The van der Waals surface area contributed by atoms with Crippen molar-refractivity contribution in [1.82, 2.24) is 9.38 Å². The summed E-state index contributed by atoms with van der Waals surface area (Å²) in [5, 5.41) is 0.555. The van der Waals surface area contributed by atoms with Crippen LogP contribution < -0.4 is 0 Å². The number of carbonyl (C=O) groups excluding carboxylic acids is 1. The highest BCUT2D eigenvalue weighted by atomic mass is 35.5. The van der Waals surface area contributed by atoms with Gasteiger partial charge in [-0.05, 0) is 26.3 Å². The Hall–Kier alpha value is -1.26. The fourth-order valence-electron chi connectivity index (χ4n) is 2.06. The highest BCUT2D eigenvalue weighted by Gasteiger charge is 2.22. The Morgan fingerprint density at radius 1 is 1.44 bits per heavy atom. The smallest absolute Gasteiger partial charge is 0.340 e. The molecule has 4 nitrogen and oxygen atoms in total. The molecule has 2 rings (SSSR count). The zero-order chi connectivity index (χ0) is 13.4. The molecule has 0 aromatic carbocycles. The lowest BCUT2D eigenvalue weighted by molar-refractivity contribution is 0.0525. The molecule has 0 fully saturated rings. The van der Waals surface area contributed by atoms with E-state index in [0.717, 1.165) is 11.3 Å². The quantitative estimate of drug-likeness (QED) is 0.795. The average Bonchev–Trinajstić information content (AvgIpc) is 2.51. The summed E-state index contributed by atoms with van der Waals surface area (Å²) in [5.41, 5.74) is 2.69. The Morgan fingerprint density at radius 3 is 2.72 bits per heavy atom. The Bertz CT molecular complexity index is 635. The van der Waals surface area contributed by atoms with E-state index in [1.54, 1.807) is 17.5 Å². The monoisotopic (exact) mass is 286 g/mol. The third kappa shape index (κ3) is 1.95. The van der Waals surface area contributed by atoms with Crippen molar-refractivity contribution in [1.29, 1.82) is 0 Å². The van der Waals surface area contributed by atoms with Gasteiger partial charge in [-0.25, -0.2) is 9.78 Å². The molecular formula is C12H12Cl2N2O2. The Morgan fingerprint density at radius 2 is 2.11 bits per heavy atom. The van der Waals surface area contributed by atoms with Gasteiger partial charge in [0.1, 0.15) is 5.15 Å². The summed E-state index contributed by atoms with van der Waals surface area (Å²) in [4.78, 5) is 15.9. The fraction of sp³-hybridized carbons (Fsp3) is 0.333. The summed E-state index contributed by atoms with van der Waals surface area (Å²) >= 11 is 11.9. The zero-order valence-electron chi connectivity index (χ0n) is 10.3. The van der Waals surface area contributed by atoms with Crippen LogP contribution in [-0.2, 0) is 4.74 Å². The van der Waals surface area contributed by atoms with Crippen molar-refractivity contribution >= 4 is 34.7 Å². The van der Waals surface area contributed by atoms with Gasteiger partial charge in [-0.3, -0.25) is 0 Å². The number of ether oxygens (including phenoxy) is 1. The van der Waals surface area contributed by atoms with Gasteiger partial charge in [0.05, 0.1) is 17.7 Å². The maximum atomic E-state index is 11.9. The van der Waals surface area contributed by atoms with Crippen molar-refractivity contribution in [2.24, 2.45) is 0 Å². The maximum absolute atomic E-state index is 11.9. The van der Waals surface area contributed by atoms with Crippen molar-refractivity contribution in [2.45, 2.75) is 20.8 Å². The van der Waals surface area contributed by atoms with Gasteiger partial charge in [0.15, 0.2) is 5.15 Å². The number of aryl methyl sites for hydroxylation is 2. The minimum Gasteiger partial charge on any atom is -0.462 e. The van der Waals surface area contributed by atoms with E-state index in [1.165, 1.54) is 0 Å². The fourth-order valence-corrected chi connectivity index (χ4v) is 2.61. The molecule has 0 aliphatic rings. The largest absolute Gasteiger partial charge is 0.462 e. The number of carbonyl (C=O) groups is 1. The third-order valence-electron chi connectivity index (χ3n) is 2.81. The van der Waals surface area contributed by atoms with Gasteiger partial charge in [-0.2, -0.15) is 0 Å². The lowest BCUT2D eigenvalue weighted by Crippen LogP contribution is -2.06. The molecule has 0 saturated carbocycles. The van der Waals surface area contributed by atoms with Crippen molar-refractivity contribution < 1.29 is 9.53 Å². The number of aromatic nitrogens is 2. The number of hydrogen-bond donors (Lipinski definition) is 0. The van der Waals surface area contributed by atoms with Crippen molar-refractivity contribution in [2.75, 3.05) is 6.61 Å². The molecule has 2 heterocycles. The van der Waals surface area contributed by atoms with Gasteiger partial charge in [0.2, 0.25) is 0 Å². The predicted octanol–water partition coefficient (Wildman–Crippen LogP) is 3.43. The topological polar surface area (TPSA) is 43.6 Å². The van der Waals surface area contributed by atoms with Gasteiger partial charge in [0, 0.05) is 11.9 Å². The van der Waals surface area contributed by atoms with E-state index in [1.807, 2.05) is 13.8 Å². The lowest BCUT2D eigenvalue weighted by Gasteiger charge is -2.02. The van der Waals surface area contributed by atoms with E-state index in [4.69, 9.17) is 27.9 Å². The molecule has 0 saturated heterocycles. The Labute approximate surface area is 114 Å². The second-order valence-electron chi connectivity index (χ2n) is 3.88. The number of halogens is 2. The third-order valence-corrected chi connectivity index (χ3v) is 3.26. The minimum atomic E-state index is -0.358. The van der Waals surface area contributed by atoms with E-state index in [0.29, 0.717) is 17.7 Å². The van der Waals surface area contributed by atoms with Crippen LogP contribution in [0.25, 0.3) is 5.52 Å². The number of nitrogens with zero attached hydrogens (tertiary/aromatic N) is 2. The molecular weight excluding hydrogens is 275 g/mol. The second-order valence-corrected chi connectivity index (χ2v) is 4.62. The van der Waals surface area contributed by atoms with Crippen molar-refractivity contribution in [3.05, 3.63) is 33.3 Å². The van der Waals surface area contributed by atoms with Crippen LogP contribution in [0.5, 0.6) is 0 Å². The first-order valence-corrected chi connectivity index (χ1v) is 6.23. The van der Waals surface area contributed by atoms with Crippen LogP contribution in [0, 0.1) is 13.8 Å². The SMILES string of the molecule is CCOC(=O)c1c(C)c2c(Cl)nc(Cl)cn2c1C. The maximum Gasteiger partial charge on any atom is 0.340 e. The Balaban J connectivity index is 2.77. The molecule has 0 aliphatic heterocycles. The molecule has 0 bridgehead atoms. The molecule has 0 unspecified atom stereocenters. The number of rotatable bonds is 2. The van der Waals surface area contributed by atoms with E-state index in [2.05, 4.69) is 4.98 Å². The highest BCUT2D eigenvalue weighted by Crippen LogP contribution is 2.29. The predicted molar refractivity (Wildman–Crippen MR) is 70.6 cm³/mol. The lowest BCUT2D eigenvalue weighted by atomic mass is 10.1. The molecule has 0 amide bonds. The van der Waals surface area contributed by atoms with Crippen molar-refractivity contribution in [3.8, 4) is 0 Å². The van der Waals surface area contributed by atoms with Crippen molar-refractivity contribution in [3.63, 3.8) is 0 Å². The molecule has 0 spiro atoms. The standard InChI is InChI=1S/C12H12Cl2N2O2/c1-4-18-12(17)9-6(2)10-11(14)15-8(13)5-16(10)7(9)3/h5H,4H2,1-3H3. The summed E-state index contributed by atoms with van der Waals surface area (Å²) in [6.45, 7) is 5.73. The van der Waals surface area contributed by atoms with E-state index in [9.17, 15) is 4.79 Å². The summed E-state index contributed by atoms with van der Waals surface area (Å²) < 4.78 is 6.80. The highest BCUT2D eigenvalue weighted by molar-refractivity contribution is 6.34. The number of hydrogen-bond acceptors (Lipinski definition) is 3. The summed E-state index contributed by atoms with van der Waals surface area (Å²) in [5.74, 6) is -0.358. The van der Waals surface area contributed by atoms with Gasteiger partial charge < -0.3 is 9.14 Å². The van der Waals surface area contributed by atoms with Gasteiger partial charge in [-0.1, -0.05) is 23.2 Å². The molecule has 0 radical (unpaired) electrons. The van der Waals surface area contributed by atoms with Crippen LogP contribution in [-0.4, -0.2) is 22.0 Å². The van der Waals surface area contributed by atoms with Crippen LogP contribution >= 0.6 is 23.2 Å². The molecule has 2 aromatic rings.